The van der Waals surface area contributed by atoms with E-state index in [1.54, 1.807) is 58.2 Å². The van der Waals surface area contributed by atoms with E-state index in [0.29, 0.717) is 85.5 Å². The lowest BCUT2D eigenvalue weighted by atomic mass is 9.79. The maximum absolute atomic E-state index is 15.3. The smallest absolute Gasteiger partial charge is 0.444 e. The standard InChI is InChI=1S/C33H47FN6O4Si.C27H41BrFN5O4Si.C12H18BNO2/c1-23-19-25(11-14-35-23)28-21-40(22-43-17-18-45(5,6)7)30(37-28)31(41)38-27-10-8-9-26(34)29(27)39-15-12-24(13-16-39)20-36-32(42)44-33(2,3)4;1-27(2,3)38-26(36)30-16-19-10-12-33(13-11-19)23-20(29)8-7-9-21(23)31-25(35)24-32-22(28)17-34(24)18-37-14-15-39(4,5)6;1-9-8-10(6-7-14-9)13-15-11(2,3)12(4,5)16-13/h8-11,14,19,21,24H,12-13,15-18,20,22H2,1-7H3,(H,36,42)(H,38,41);7-9,17,19H,10-16,18H2,1-6H3,(H,30,36)(H,31,35);6-8H,1-5H3. The summed E-state index contributed by atoms with van der Waals surface area (Å²) in [5.74, 6) is -0.874. The van der Waals surface area contributed by atoms with Crippen LogP contribution in [0.1, 0.15) is 128 Å². The van der Waals surface area contributed by atoms with E-state index in [1.165, 1.54) is 12.1 Å². The molecule has 0 spiro atoms. The molecule has 3 aliphatic heterocycles. The first-order chi connectivity index (χ1) is 46.7. The van der Waals surface area contributed by atoms with Gasteiger partial charge >= 0.3 is 19.3 Å². The largest absolute Gasteiger partial charge is 0.494 e. The molecule has 28 heteroatoms. The Morgan fingerprint density at radius 1 is 0.620 bits per heavy atom. The molecule has 0 bridgehead atoms. The molecule has 0 saturated carbocycles. The summed E-state index contributed by atoms with van der Waals surface area (Å²) in [6, 6.07) is 19.1. The molecule has 0 aliphatic carbocycles. The van der Waals surface area contributed by atoms with Crippen LogP contribution < -0.4 is 36.5 Å². The molecule has 3 fully saturated rings. The van der Waals surface area contributed by atoms with E-state index < -0.39 is 63.0 Å². The van der Waals surface area contributed by atoms with Crippen molar-refractivity contribution in [2.24, 2.45) is 11.8 Å². The van der Waals surface area contributed by atoms with Gasteiger partial charge < -0.3 is 68.5 Å². The van der Waals surface area contributed by atoms with Gasteiger partial charge in [0.2, 0.25) is 11.6 Å². The van der Waals surface area contributed by atoms with Crippen molar-refractivity contribution in [3.63, 3.8) is 0 Å². The first-order valence-electron chi connectivity index (χ1n) is 34.5. The van der Waals surface area contributed by atoms with Crippen molar-refractivity contribution in [1.82, 2.24) is 39.7 Å². The summed E-state index contributed by atoms with van der Waals surface area (Å²) in [5, 5.41) is 11.5. The van der Waals surface area contributed by atoms with Gasteiger partial charge in [-0.1, -0.05) is 51.4 Å². The fourth-order valence-corrected chi connectivity index (χ4v) is 12.9. The number of rotatable bonds is 22. The molecular formula is C72H106BBrF2N12O10Si2. The Labute approximate surface area is 600 Å². The highest BCUT2D eigenvalue weighted by atomic mass is 79.9. The summed E-state index contributed by atoms with van der Waals surface area (Å²) in [5.41, 5.74) is 4.11. The maximum Gasteiger partial charge on any atom is 0.494 e. The Kier molecular flexibility index (Phi) is 27.9. The monoisotopic (exact) mass is 1480 g/mol. The summed E-state index contributed by atoms with van der Waals surface area (Å²) in [6.45, 7) is 41.7. The number of halogens is 3. The fourth-order valence-electron chi connectivity index (χ4n) is 11.0. The molecule has 9 rings (SSSR count). The maximum atomic E-state index is 15.3. The van der Waals surface area contributed by atoms with E-state index in [9.17, 15) is 19.2 Å². The molecule has 4 amide bonds. The number of nitrogens with one attached hydrogen (secondary N) is 4. The lowest BCUT2D eigenvalue weighted by Crippen LogP contribution is -2.41. The molecule has 3 saturated heterocycles. The zero-order valence-corrected chi connectivity index (χ0v) is 65.5. The second-order valence-corrected chi connectivity index (χ2v) is 43.3. The number of carbonyl (C=O) groups is 4. The van der Waals surface area contributed by atoms with E-state index in [-0.39, 0.29) is 55.3 Å². The number of benzene rings is 2. The van der Waals surface area contributed by atoms with Crippen molar-refractivity contribution in [3.8, 4) is 11.3 Å². The Hall–Kier alpha value is -7.08. The third-order valence-corrected chi connectivity index (χ3v) is 21.0. The highest BCUT2D eigenvalue weighted by Gasteiger charge is 2.51. The van der Waals surface area contributed by atoms with E-state index in [1.807, 2.05) is 89.5 Å². The van der Waals surface area contributed by atoms with Gasteiger partial charge in [0, 0.05) is 110 Å². The summed E-state index contributed by atoms with van der Waals surface area (Å²) < 4.78 is 68.6. The van der Waals surface area contributed by atoms with Crippen LogP contribution in [0, 0.1) is 37.3 Å². The van der Waals surface area contributed by atoms with Crippen molar-refractivity contribution in [2.45, 2.75) is 196 Å². The average molecular weight is 1480 g/mol. The van der Waals surface area contributed by atoms with Crippen LogP contribution in [0.4, 0.5) is 41.1 Å². The number of para-hydroxylation sites is 2. The number of alkyl carbamates (subject to hydrolysis) is 2. The molecule has 546 valence electrons. The van der Waals surface area contributed by atoms with Gasteiger partial charge in [-0.2, -0.15) is 0 Å². The number of anilines is 4. The Morgan fingerprint density at radius 2 is 1.04 bits per heavy atom. The minimum absolute atomic E-state index is 0.172. The summed E-state index contributed by atoms with van der Waals surface area (Å²) in [4.78, 5) is 72.3. The van der Waals surface area contributed by atoms with Gasteiger partial charge in [0.1, 0.15) is 40.9 Å². The number of ether oxygens (including phenoxy) is 4. The number of imidazole rings is 2. The van der Waals surface area contributed by atoms with E-state index in [0.717, 1.165) is 60.2 Å². The van der Waals surface area contributed by atoms with E-state index >= 15 is 8.78 Å². The molecule has 0 unspecified atom stereocenters. The number of hydrogen-bond acceptors (Lipinski definition) is 16. The van der Waals surface area contributed by atoms with Crippen LogP contribution in [0.3, 0.4) is 0 Å². The number of aromatic nitrogens is 6. The highest BCUT2D eigenvalue weighted by Crippen LogP contribution is 2.38. The predicted octanol–water partition coefficient (Wildman–Crippen LogP) is 14.5. The van der Waals surface area contributed by atoms with Crippen LogP contribution in [0.25, 0.3) is 11.3 Å². The van der Waals surface area contributed by atoms with Crippen LogP contribution in [-0.4, -0.2) is 151 Å². The Morgan fingerprint density at radius 3 is 1.46 bits per heavy atom. The molecule has 4 N–H and O–H groups in total. The third-order valence-electron chi connectivity index (χ3n) is 17.2. The average Bonchev–Trinajstić information content (AvgIpc) is 1.58. The SMILES string of the molecule is CC(C)(C)OC(=O)NCC1CCN(c2c(F)cccc2NC(=O)c2nc(Br)cn2COCC[Si](C)(C)C)CC1.Cc1cc(-c2cn(COCC[Si](C)(C)C)c(C(=O)Nc3cccc(F)c3N3CCC(CNC(=O)OC(C)(C)C)CC3)n2)ccn1.Cc1cc(B2OC(C)(C)C(C)(C)O2)ccn1. The number of aryl methyl sites for hydroxylation is 2. The van der Waals surface area contributed by atoms with Crippen molar-refractivity contribution in [3.05, 3.63) is 125 Å². The van der Waals surface area contributed by atoms with Gasteiger partial charge in [-0.05, 0) is 203 Å². The van der Waals surface area contributed by atoms with Crippen LogP contribution in [-0.2, 0) is 41.7 Å². The second-order valence-electron chi connectivity index (χ2n) is 31.3. The summed E-state index contributed by atoms with van der Waals surface area (Å²) in [7, 11) is -2.80. The van der Waals surface area contributed by atoms with Gasteiger partial charge in [-0.3, -0.25) is 19.6 Å². The van der Waals surface area contributed by atoms with Crippen LogP contribution in [0.15, 0.2) is 90.1 Å². The van der Waals surface area contributed by atoms with Crippen LogP contribution in [0.2, 0.25) is 51.4 Å². The first kappa shape index (κ1) is 80.2. The fraction of sp³-hybridized carbons (Fsp3) is 0.556. The number of piperidine rings is 2. The van der Waals surface area contributed by atoms with Crippen molar-refractivity contribution < 1.29 is 56.2 Å². The highest BCUT2D eigenvalue weighted by molar-refractivity contribution is 9.10. The molecule has 3 aliphatic rings. The number of nitrogens with zero attached hydrogens (tertiary/aromatic N) is 8. The molecule has 100 heavy (non-hydrogen) atoms. The van der Waals surface area contributed by atoms with Crippen molar-refractivity contribution in [1.29, 1.82) is 0 Å². The third kappa shape index (κ3) is 24.9. The van der Waals surface area contributed by atoms with E-state index in [2.05, 4.69) is 124 Å². The molecule has 2 aromatic carbocycles. The normalized spacial score (nSPS) is 15.8. The molecule has 6 aromatic rings. The molecule has 0 atom stereocenters. The molecule has 22 nitrogen and oxygen atoms in total. The molecular weight excluding hydrogens is 1380 g/mol. The zero-order chi connectivity index (χ0) is 73.5. The topological polar surface area (TPSA) is 240 Å². The van der Waals surface area contributed by atoms with Gasteiger partial charge in [0.15, 0.2) is 0 Å². The predicted molar refractivity (Wildman–Crippen MR) is 400 cm³/mol. The van der Waals surface area contributed by atoms with Gasteiger partial charge in [-0.15, -0.1) is 0 Å². The summed E-state index contributed by atoms with van der Waals surface area (Å²) >= 11 is 3.34. The second kappa shape index (κ2) is 34.7. The summed E-state index contributed by atoms with van der Waals surface area (Å²) in [6.07, 6.45) is 9.18. The van der Waals surface area contributed by atoms with Gasteiger partial charge in [0.05, 0.1) is 39.6 Å². The number of hydrogen-bond donors (Lipinski definition) is 4. The first-order valence-corrected chi connectivity index (χ1v) is 42.7. The lowest BCUT2D eigenvalue weighted by Gasteiger charge is -2.35. The molecule has 7 heterocycles. The van der Waals surface area contributed by atoms with Crippen LogP contribution in [0.5, 0.6) is 0 Å². The van der Waals surface area contributed by atoms with E-state index in [4.69, 9.17) is 28.3 Å². The quantitative estimate of drug-likeness (QED) is 0.0365. The minimum Gasteiger partial charge on any atom is -0.444 e. The van der Waals surface area contributed by atoms with Gasteiger partial charge in [-0.25, -0.2) is 28.3 Å². The number of carbonyl (C=O) groups excluding carboxylic acids is 4. The van der Waals surface area contributed by atoms with Crippen molar-refractivity contribution >= 4 is 91.4 Å². The molecule has 0 radical (unpaired) electrons. The molecule has 4 aromatic heterocycles. The number of amides is 4. The zero-order valence-electron chi connectivity index (χ0n) is 61.9. The lowest BCUT2D eigenvalue weighted by molar-refractivity contribution is 0.00578. The van der Waals surface area contributed by atoms with Crippen LogP contribution >= 0.6 is 15.9 Å². The van der Waals surface area contributed by atoms with Gasteiger partial charge in [0.25, 0.3) is 11.8 Å². The Bertz CT molecular complexity index is 3710. The Balaban J connectivity index is 0.000000232. The minimum atomic E-state index is -1.29. The number of pyridine rings is 2. The van der Waals surface area contributed by atoms with Crippen molar-refractivity contribution in [2.75, 3.05) is 72.9 Å².